The van der Waals surface area contributed by atoms with Gasteiger partial charge in [0.15, 0.2) is 0 Å². The van der Waals surface area contributed by atoms with Crippen LogP contribution in [0.2, 0.25) is 0 Å². The maximum absolute atomic E-state index is 12.6. The summed E-state index contributed by atoms with van der Waals surface area (Å²) in [7, 11) is 0. The van der Waals surface area contributed by atoms with Crippen molar-refractivity contribution in [1.82, 2.24) is 0 Å². The van der Waals surface area contributed by atoms with E-state index in [9.17, 15) is 14.4 Å². The van der Waals surface area contributed by atoms with Crippen LogP contribution in [0.5, 0.6) is 0 Å². The second kappa shape index (κ2) is 21.4. The lowest BCUT2D eigenvalue weighted by Crippen LogP contribution is -2.18. The van der Waals surface area contributed by atoms with Gasteiger partial charge in [-0.2, -0.15) is 0 Å². The fraction of sp³-hybridized carbons (Fsp3) is 0.567. The van der Waals surface area contributed by atoms with Gasteiger partial charge in [0.25, 0.3) is 0 Å². The minimum atomic E-state index is -0.889. The Labute approximate surface area is 216 Å². The molecule has 0 atom stereocenters. The van der Waals surface area contributed by atoms with Crippen molar-refractivity contribution in [2.75, 3.05) is 0 Å². The number of carboxylic acid groups (broad SMARTS) is 2. The van der Waals surface area contributed by atoms with Crippen molar-refractivity contribution in [2.45, 2.75) is 109 Å². The van der Waals surface area contributed by atoms with E-state index in [1.165, 1.54) is 12.2 Å². The largest absolute Gasteiger partial charge is 0.478 e. The van der Waals surface area contributed by atoms with E-state index in [1.807, 2.05) is 18.2 Å². The van der Waals surface area contributed by atoms with Gasteiger partial charge in [0, 0.05) is 12.2 Å². The van der Waals surface area contributed by atoms with Crippen LogP contribution in [0.4, 0.5) is 0 Å². The molecule has 0 saturated heterocycles. The SMILES string of the molecule is O=C(O)/C=C\CCCCCCCCC(CCCCCCCC/C=C\C(=O)O)OC(=O)c1ccccc1. The second-order valence-electron chi connectivity index (χ2n) is 9.27. The lowest BCUT2D eigenvalue weighted by Gasteiger charge is -2.18. The molecule has 0 aliphatic rings. The molecule has 0 unspecified atom stereocenters. The van der Waals surface area contributed by atoms with Crippen molar-refractivity contribution in [3.8, 4) is 0 Å². The number of esters is 1. The monoisotopic (exact) mass is 500 g/mol. The fourth-order valence-electron chi connectivity index (χ4n) is 4.11. The molecule has 1 aromatic rings. The van der Waals surface area contributed by atoms with Gasteiger partial charge in [0.1, 0.15) is 6.10 Å². The zero-order valence-corrected chi connectivity index (χ0v) is 21.6. The highest BCUT2D eigenvalue weighted by Gasteiger charge is 2.15. The number of unbranched alkanes of at least 4 members (excludes halogenated alkanes) is 12. The summed E-state index contributed by atoms with van der Waals surface area (Å²) in [5, 5.41) is 17.2. The Balaban J connectivity index is 2.25. The number of aliphatic carboxylic acids is 2. The third-order valence-corrected chi connectivity index (χ3v) is 6.10. The normalized spacial score (nSPS) is 11.5. The van der Waals surface area contributed by atoms with Crippen LogP contribution in [-0.4, -0.2) is 34.2 Å². The van der Waals surface area contributed by atoms with Crippen molar-refractivity contribution in [3.05, 3.63) is 60.2 Å². The summed E-state index contributed by atoms with van der Waals surface area (Å²) >= 11 is 0. The average Bonchev–Trinajstić information content (AvgIpc) is 2.86. The van der Waals surface area contributed by atoms with Crippen molar-refractivity contribution in [3.63, 3.8) is 0 Å². The molecule has 0 amide bonds. The van der Waals surface area contributed by atoms with Gasteiger partial charge in [0.05, 0.1) is 5.56 Å². The Morgan fingerprint density at radius 2 is 1.06 bits per heavy atom. The summed E-state index contributed by atoms with van der Waals surface area (Å²) < 4.78 is 5.87. The van der Waals surface area contributed by atoms with Crippen LogP contribution in [-0.2, 0) is 14.3 Å². The molecule has 0 aliphatic heterocycles. The molecule has 6 nitrogen and oxygen atoms in total. The molecule has 200 valence electrons. The lowest BCUT2D eigenvalue weighted by atomic mass is 10.0. The highest BCUT2D eigenvalue weighted by Crippen LogP contribution is 2.18. The molecule has 0 radical (unpaired) electrons. The van der Waals surface area contributed by atoms with Crippen LogP contribution in [0.1, 0.15) is 113 Å². The number of hydrogen-bond donors (Lipinski definition) is 2. The average molecular weight is 501 g/mol. The fourth-order valence-corrected chi connectivity index (χ4v) is 4.11. The molecule has 2 N–H and O–H groups in total. The highest BCUT2D eigenvalue weighted by atomic mass is 16.5. The molecule has 0 spiro atoms. The number of rotatable bonds is 22. The minimum Gasteiger partial charge on any atom is -0.478 e. The summed E-state index contributed by atoms with van der Waals surface area (Å²) in [6.07, 6.45) is 22.3. The predicted octanol–water partition coefficient (Wildman–Crippen LogP) is 7.74. The maximum atomic E-state index is 12.6. The smallest absolute Gasteiger partial charge is 0.338 e. The predicted molar refractivity (Wildman–Crippen MR) is 143 cm³/mol. The van der Waals surface area contributed by atoms with Gasteiger partial charge in [-0.15, -0.1) is 0 Å². The number of hydrogen-bond acceptors (Lipinski definition) is 4. The molecule has 0 bridgehead atoms. The van der Waals surface area contributed by atoms with Crippen LogP contribution >= 0.6 is 0 Å². The first kappa shape index (κ1) is 31.1. The molecule has 0 saturated carbocycles. The van der Waals surface area contributed by atoms with E-state index in [0.717, 1.165) is 103 Å². The molecule has 36 heavy (non-hydrogen) atoms. The molecule has 0 aliphatic carbocycles. The lowest BCUT2D eigenvalue weighted by molar-refractivity contribution is -0.132. The zero-order chi connectivity index (χ0) is 26.3. The van der Waals surface area contributed by atoms with E-state index in [-0.39, 0.29) is 12.1 Å². The summed E-state index contributed by atoms with van der Waals surface area (Å²) in [5.74, 6) is -2.02. The Kier molecular flexibility index (Phi) is 18.5. The zero-order valence-electron chi connectivity index (χ0n) is 21.6. The van der Waals surface area contributed by atoms with E-state index in [4.69, 9.17) is 14.9 Å². The summed E-state index contributed by atoms with van der Waals surface area (Å²) in [6, 6.07) is 9.16. The summed E-state index contributed by atoms with van der Waals surface area (Å²) in [5.41, 5.74) is 0.594. The standard InChI is InChI=1S/C30H44O6/c31-28(32)24-18-11-7-3-1-5-9-16-22-27(36-30(35)26-20-14-13-15-21-26)23-17-10-6-2-4-8-12-19-25-29(33)34/h13-15,18-21,24-25,27H,1-12,16-17,22-23H2,(H,31,32)(H,33,34)/b24-18-,25-19-. The van der Waals surface area contributed by atoms with Crippen LogP contribution < -0.4 is 0 Å². The number of carbonyl (C=O) groups excluding carboxylic acids is 1. The van der Waals surface area contributed by atoms with Crippen molar-refractivity contribution in [2.24, 2.45) is 0 Å². The van der Waals surface area contributed by atoms with E-state index in [2.05, 4.69) is 0 Å². The van der Waals surface area contributed by atoms with Crippen molar-refractivity contribution in [1.29, 1.82) is 0 Å². The number of carbonyl (C=O) groups is 3. The second-order valence-corrected chi connectivity index (χ2v) is 9.27. The van der Waals surface area contributed by atoms with Gasteiger partial charge in [-0.3, -0.25) is 0 Å². The van der Waals surface area contributed by atoms with Crippen LogP contribution in [0, 0.1) is 0 Å². The van der Waals surface area contributed by atoms with E-state index in [0.29, 0.717) is 5.56 Å². The summed E-state index contributed by atoms with van der Waals surface area (Å²) in [4.78, 5) is 33.4. The Morgan fingerprint density at radius 1 is 0.639 bits per heavy atom. The van der Waals surface area contributed by atoms with Gasteiger partial charge >= 0.3 is 17.9 Å². The van der Waals surface area contributed by atoms with Crippen LogP contribution in [0.3, 0.4) is 0 Å². The van der Waals surface area contributed by atoms with Gasteiger partial charge in [-0.25, -0.2) is 14.4 Å². The molecule has 0 aromatic heterocycles. The van der Waals surface area contributed by atoms with Gasteiger partial charge < -0.3 is 14.9 Å². The first-order chi connectivity index (χ1) is 17.5. The first-order valence-corrected chi connectivity index (χ1v) is 13.5. The molecule has 6 heteroatoms. The molecule has 0 fully saturated rings. The Bertz CT molecular complexity index is 744. The van der Waals surface area contributed by atoms with Gasteiger partial charge in [-0.05, 0) is 63.5 Å². The molecule has 0 heterocycles. The van der Waals surface area contributed by atoms with Crippen LogP contribution in [0.25, 0.3) is 0 Å². The third kappa shape index (κ3) is 18.4. The van der Waals surface area contributed by atoms with E-state index < -0.39 is 11.9 Å². The summed E-state index contributed by atoms with van der Waals surface area (Å²) in [6.45, 7) is 0. The number of ether oxygens (including phenoxy) is 1. The third-order valence-electron chi connectivity index (χ3n) is 6.10. The van der Waals surface area contributed by atoms with E-state index in [1.54, 1.807) is 24.3 Å². The minimum absolute atomic E-state index is 0.0555. The number of carboxylic acids is 2. The maximum Gasteiger partial charge on any atom is 0.338 e. The molecular formula is C30H44O6. The van der Waals surface area contributed by atoms with Crippen LogP contribution in [0.15, 0.2) is 54.6 Å². The van der Waals surface area contributed by atoms with Crippen molar-refractivity contribution < 1.29 is 29.3 Å². The quantitative estimate of drug-likeness (QED) is 0.0959. The van der Waals surface area contributed by atoms with Gasteiger partial charge in [0.2, 0.25) is 0 Å². The highest BCUT2D eigenvalue weighted by molar-refractivity contribution is 5.89. The topological polar surface area (TPSA) is 101 Å². The number of allylic oxidation sites excluding steroid dienone is 2. The molecular weight excluding hydrogens is 456 g/mol. The van der Waals surface area contributed by atoms with Gasteiger partial charge in [-0.1, -0.05) is 81.7 Å². The molecule has 1 aromatic carbocycles. The number of benzene rings is 1. The van der Waals surface area contributed by atoms with E-state index >= 15 is 0 Å². The Hall–Kier alpha value is -2.89. The Morgan fingerprint density at radius 3 is 1.50 bits per heavy atom. The van der Waals surface area contributed by atoms with Crippen molar-refractivity contribution >= 4 is 17.9 Å². The molecule has 1 rings (SSSR count). The first-order valence-electron chi connectivity index (χ1n) is 13.5.